The van der Waals surface area contributed by atoms with E-state index in [2.05, 4.69) is 65.4 Å². The van der Waals surface area contributed by atoms with E-state index < -0.39 is 0 Å². The second kappa shape index (κ2) is 10.6. The third-order valence-electron chi connectivity index (χ3n) is 6.30. The molecular weight excluding hydrogens is 534 g/mol. The molecule has 2 N–H and O–H groups in total. The maximum absolute atomic E-state index is 12.8. The van der Waals surface area contributed by atoms with Gasteiger partial charge in [-0.05, 0) is 79.8 Å². The molecule has 0 radical (unpaired) electrons. The number of hydrogen-bond donors (Lipinski definition) is 2. The molecule has 3 heterocycles. The summed E-state index contributed by atoms with van der Waals surface area (Å²) in [5, 5.41) is 7.07. The first kappa shape index (κ1) is 24.2. The monoisotopic (exact) mass is 559 g/mol. The first-order chi connectivity index (χ1) is 17.5. The summed E-state index contributed by atoms with van der Waals surface area (Å²) in [7, 11) is 0. The Labute approximate surface area is 224 Å². The highest BCUT2D eigenvalue weighted by Crippen LogP contribution is 2.39. The SMILES string of the molecule is Cc1ccc(NC(=O)CCN2C(=S)N[C@@H](c3ccccn3)[C@H]2c2cccn2-c2ccc(Br)cc2)cc1. The zero-order chi connectivity index (χ0) is 25.1. The summed E-state index contributed by atoms with van der Waals surface area (Å²) in [6.07, 6.45) is 4.15. The van der Waals surface area contributed by atoms with E-state index in [-0.39, 0.29) is 18.0 Å². The van der Waals surface area contributed by atoms with Gasteiger partial charge in [-0.1, -0.05) is 39.7 Å². The van der Waals surface area contributed by atoms with Crippen LogP contribution >= 0.6 is 28.1 Å². The number of aryl methyl sites for hydroxylation is 1. The van der Waals surface area contributed by atoms with Gasteiger partial charge in [-0.15, -0.1) is 0 Å². The van der Waals surface area contributed by atoms with Gasteiger partial charge in [0, 0.05) is 46.9 Å². The number of carbonyl (C=O) groups excluding carboxylic acids is 1. The number of aromatic nitrogens is 2. The smallest absolute Gasteiger partial charge is 0.226 e. The molecule has 0 aliphatic carbocycles. The number of nitrogens with one attached hydrogen (secondary N) is 2. The van der Waals surface area contributed by atoms with Gasteiger partial charge in [0.05, 0.1) is 17.8 Å². The predicted molar refractivity (Wildman–Crippen MR) is 150 cm³/mol. The Morgan fingerprint density at radius 1 is 1.06 bits per heavy atom. The van der Waals surface area contributed by atoms with Gasteiger partial charge in [0.2, 0.25) is 5.91 Å². The molecule has 2 atom stereocenters. The van der Waals surface area contributed by atoms with Crippen molar-refractivity contribution in [2.24, 2.45) is 0 Å². The minimum absolute atomic E-state index is 0.0509. The molecule has 0 saturated carbocycles. The fourth-order valence-corrected chi connectivity index (χ4v) is 5.12. The second-order valence-corrected chi connectivity index (χ2v) is 10.1. The van der Waals surface area contributed by atoms with Crippen LogP contribution in [-0.2, 0) is 4.79 Å². The van der Waals surface area contributed by atoms with Gasteiger partial charge in [0.1, 0.15) is 0 Å². The van der Waals surface area contributed by atoms with Crippen LogP contribution in [0, 0.1) is 6.92 Å². The number of halogens is 1. The van der Waals surface area contributed by atoms with Crippen LogP contribution in [-0.4, -0.2) is 32.0 Å². The van der Waals surface area contributed by atoms with Crippen LogP contribution in [0.1, 0.15) is 35.5 Å². The predicted octanol–water partition coefficient (Wildman–Crippen LogP) is 5.94. The summed E-state index contributed by atoms with van der Waals surface area (Å²) in [5.74, 6) is -0.0509. The Hall–Kier alpha value is -3.49. The van der Waals surface area contributed by atoms with E-state index in [0.717, 1.165) is 32.8 Å². The molecule has 5 rings (SSSR count). The maximum atomic E-state index is 12.8. The van der Waals surface area contributed by atoms with Gasteiger partial charge in [0.25, 0.3) is 0 Å². The summed E-state index contributed by atoms with van der Waals surface area (Å²) >= 11 is 9.30. The summed E-state index contributed by atoms with van der Waals surface area (Å²) < 4.78 is 3.19. The molecule has 8 heteroatoms. The molecule has 1 amide bonds. The zero-order valence-corrected chi connectivity index (χ0v) is 22.2. The molecule has 36 heavy (non-hydrogen) atoms. The second-order valence-electron chi connectivity index (χ2n) is 8.76. The summed E-state index contributed by atoms with van der Waals surface area (Å²) in [6, 6.07) is 25.8. The van der Waals surface area contributed by atoms with Gasteiger partial charge in [-0.3, -0.25) is 9.78 Å². The third kappa shape index (κ3) is 5.20. The van der Waals surface area contributed by atoms with Crippen LogP contribution in [0.25, 0.3) is 5.69 Å². The number of nitrogens with zero attached hydrogens (tertiary/aromatic N) is 3. The number of amides is 1. The number of carbonyl (C=O) groups is 1. The highest BCUT2D eigenvalue weighted by atomic mass is 79.9. The molecule has 1 saturated heterocycles. The Morgan fingerprint density at radius 2 is 1.83 bits per heavy atom. The van der Waals surface area contributed by atoms with Crippen LogP contribution < -0.4 is 10.6 Å². The standard InChI is InChI=1S/C28H26BrN5OS/c1-19-7-11-21(12-8-19)31-25(35)15-18-34-27(26(32-28(34)36)23-5-2-3-16-30-23)24-6-4-17-33(24)22-13-9-20(29)10-14-22/h2-14,16-17,26-27H,15,18H2,1H3,(H,31,35)(H,32,36)/t26-,27+/m0/s1. The van der Waals surface area contributed by atoms with Crippen LogP contribution in [0.2, 0.25) is 0 Å². The molecule has 4 aromatic rings. The summed E-state index contributed by atoms with van der Waals surface area (Å²) in [6.45, 7) is 2.50. The highest BCUT2D eigenvalue weighted by Gasteiger charge is 2.41. The summed E-state index contributed by atoms with van der Waals surface area (Å²) in [4.78, 5) is 19.5. The largest absolute Gasteiger partial charge is 0.352 e. The Bertz CT molecular complexity index is 1350. The van der Waals surface area contributed by atoms with Crippen molar-refractivity contribution in [2.45, 2.75) is 25.4 Å². The number of hydrogen-bond acceptors (Lipinski definition) is 3. The number of anilines is 1. The van der Waals surface area contributed by atoms with E-state index >= 15 is 0 Å². The van der Waals surface area contributed by atoms with E-state index in [1.54, 1.807) is 6.20 Å². The molecule has 1 aliphatic rings. The third-order valence-corrected chi connectivity index (χ3v) is 7.18. The van der Waals surface area contributed by atoms with E-state index in [0.29, 0.717) is 18.1 Å². The van der Waals surface area contributed by atoms with Crippen molar-refractivity contribution in [3.05, 3.63) is 113 Å². The molecule has 182 valence electrons. The minimum Gasteiger partial charge on any atom is -0.352 e. The highest BCUT2D eigenvalue weighted by molar-refractivity contribution is 9.10. The number of thiocarbonyl (C=S) groups is 1. The van der Waals surface area contributed by atoms with Gasteiger partial charge < -0.3 is 20.1 Å². The first-order valence-electron chi connectivity index (χ1n) is 11.8. The average molecular weight is 561 g/mol. The van der Waals surface area contributed by atoms with Crippen molar-refractivity contribution in [3.8, 4) is 5.69 Å². The van der Waals surface area contributed by atoms with E-state index in [9.17, 15) is 4.79 Å². The van der Waals surface area contributed by atoms with E-state index in [1.807, 2.05) is 67.6 Å². The lowest BCUT2D eigenvalue weighted by Gasteiger charge is -2.29. The van der Waals surface area contributed by atoms with Gasteiger partial charge in [-0.2, -0.15) is 0 Å². The normalized spacial score (nSPS) is 17.2. The molecule has 0 spiro atoms. The van der Waals surface area contributed by atoms with Crippen LogP contribution in [0.4, 0.5) is 5.69 Å². The van der Waals surface area contributed by atoms with Gasteiger partial charge in [-0.25, -0.2) is 0 Å². The van der Waals surface area contributed by atoms with Gasteiger partial charge >= 0.3 is 0 Å². The molecule has 2 aromatic heterocycles. The molecule has 6 nitrogen and oxygen atoms in total. The molecule has 0 bridgehead atoms. The van der Waals surface area contributed by atoms with Crippen molar-refractivity contribution in [2.75, 3.05) is 11.9 Å². The lowest BCUT2D eigenvalue weighted by atomic mass is 10.0. The molecule has 2 aromatic carbocycles. The van der Waals surface area contributed by atoms with E-state index in [4.69, 9.17) is 12.2 Å². The molecule has 0 unspecified atom stereocenters. The maximum Gasteiger partial charge on any atom is 0.226 e. The number of benzene rings is 2. The van der Waals surface area contributed by atoms with Crippen molar-refractivity contribution in [1.29, 1.82) is 0 Å². The van der Waals surface area contributed by atoms with Crippen LogP contribution in [0.5, 0.6) is 0 Å². The molecule has 1 aliphatic heterocycles. The Kier molecular flexibility index (Phi) is 7.16. The average Bonchev–Trinajstić information content (AvgIpc) is 3.49. The fourth-order valence-electron chi connectivity index (χ4n) is 4.52. The van der Waals surface area contributed by atoms with Crippen molar-refractivity contribution in [1.82, 2.24) is 19.8 Å². The first-order valence-corrected chi connectivity index (χ1v) is 13.0. The lowest BCUT2D eigenvalue weighted by molar-refractivity contribution is -0.116. The fraction of sp³-hybridized carbons (Fsp3) is 0.179. The lowest BCUT2D eigenvalue weighted by Crippen LogP contribution is -2.33. The zero-order valence-electron chi connectivity index (χ0n) is 19.8. The van der Waals surface area contributed by atoms with Crippen molar-refractivity contribution >= 4 is 44.9 Å². The number of pyridine rings is 1. The topological polar surface area (TPSA) is 62.2 Å². The van der Waals surface area contributed by atoms with Crippen molar-refractivity contribution < 1.29 is 4.79 Å². The Balaban J connectivity index is 1.43. The quantitative estimate of drug-likeness (QED) is 0.274. The number of rotatable bonds is 7. The summed E-state index contributed by atoms with van der Waals surface area (Å²) in [5.41, 5.74) is 4.96. The van der Waals surface area contributed by atoms with Crippen LogP contribution in [0.15, 0.2) is 95.7 Å². The molecular formula is C28H26BrN5OS. The Morgan fingerprint density at radius 3 is 2.56 bits per heavy atom. The van der Waals surface area contributed by atoms with Gasteiger partial charge in [0.15, 0.2) is 5.11 Å². The van der Waals surface area contributed by atoms with E-state index in [1.165, 1.54) is 0 Å². The minimum atomic E-state index is -0.150. The molecule has 1 fully saturated rings. The van der Waals surface area contributed by atoms with Crippen molar-refractivity contribution in [3.63, 3.8) is 0 Å². The van der Waals surface area contributed by atoms with Crippen LogP contribution in [0.3, 0.4) is 0 Å².